The van der Waals surface area contributed by atoms with E-state index in [0.717, 1.165) is 0 Å². The van der Waals surface area contributed by atoms with Gasteiger partial charge in [0, 0.05) is 10.0 Å². The Balaban J connectivity index is 2.48. The van der Waals surface area contributed by atoms with Crippen LogP contribution in [0.4, 0.5) is 0 Å². The number of carbonyl (C=O) groups is 2. The number of amides is 1. The summed E-state index contributed by atoms with van der Waals surface area (Å²) >= 11 is 3.17. The van der Waals surface area contributed by atoms with E-state index in [1.807, 2.05) is 0 Å². The maximum absolute atomic E-state index is 12.0. The second kappa shape index (κ2) is 7.89. The number of rotatable bonds is 6. The quantitative estimate of drug-likeness (QED) is 0.690. The summed E-state index contributed by atoms with van der Waals surface area (Å²) < 4.78 is 31.4. The summed E-state index contributed by atoms with van der Waals surface area (Å²) in [6.07, 6.45) is 0. The number of hydrogen-bond donors (Lipinski definition) is 2. The zero-order valence-electron chi connectivity index (χ0n) is 13.1. The molecule has 0 atom stereocenters. The minimum absolute atomic E-state index is 0.0187. The van der Waals surface area contributed by atoms with Crippen molar-refractivity contribution < 1.29 is 22.7 Å². The van der Waals surface area contributed by atoms with Gasteiger partial charge >= 0.3 is 5.97 Å². The van der Waals surface area contributed by atoms with E-state index >= 15 is 0 Å². The van der Waals surface area contributed by atoms with Crippen LogP contribution < -0.4 is 10.0 Å². The highest BCUT2D eigenvalue weighted by Gasteiger charge is 2.18. The number of esters is 1. The summed E-state index contributed by atoms with van der Waals surface area (Å²) in [7, 11) is -3.83. The lowest BCUT2D eigenvalue weighted by molar-refractivity contribution is -0.147. The lowest BCUT2D eigenvalue weighted by atomic mass is 10.1. The van der Waals surface area contributed by atoms with Gasteiger partial charge in [-0.3, -0.25) is 9.59 Å². The van der Waals surface area contributed by atoms with Crippen LogP contribution >= 0.6 is 15.9 Å². The smallest absolute Gasteiger partial charge is 0.321 e. The van der Waals surface area contributed by atoms with E-state index in [1.165, 1.54) is 12.1 Å². The summed E-state index contributed by atoms with van der Waals surface area (Å²) in [6.45, 7) is 4.35. The number of sulfonamides is 1. The minimum Gasteiger partial charge on any atom is -0.455 e. The van der Waals surface area contributed by atoms with Crippen LogP contribution in [0.25, 0.3) is 0 Å². The molecule has 0 aliphatic rings. The first-order valence-electron chi connectivity index (χ1n) is 6.71. The largest absolute Gasteiger partial charge is 0.455 e. The molecule has 0 radical (unpaired) electrons. The highest BCUT2D eigenvalue weighted by molar-refractivity contribution is 9.10. The number of carbonyl (C=O) groups excluding carboxylic acids is 2. The molecule has 9 heteroatoms. The number of halogens is 1. The lowest BCUT2D eigenvalue weighted by Gasteiger charge is -2.20. The van der Waals surface area contributed by atoms with Crippen molar-refractivity contribution in [2.24, 2.45) is 0 Å². The van der Waals surface area contributed by atoms with Gasteiger partial charge in [-0.05, 0) is 39.0 Å². The van der Waals surface area contributed by atoms with Crippen LogP contribution in [-0.4, -0.2) is 39.0 Å². The van der Waals surface area contributed by atoms with Crippen molar-refractivity contribution in [2.45, 2.75) is 31.2 Å². The monoisotopic (exact) mass is 406 g/mol. The Kier molecular flexibility index (Phi) is 6.72. The highest BCUT2D eigenvalue weighted by atomic mass is 79.9. The number of hydrogen-bond acceptors (Lipinski definition) is 5. The molecule has 7 nitrogen and oxygen atoms in total. The zero-order chi connectivity index (χ0) is 17.7. The first-order chi connectivity index (χ1) is 10.5. The van der Waals surface area contributed by atoms with Gasteiger partial charge in [-0.15, -0.1) is 0 Å². The molecule has 2 N–H and O–H groups in total. The molecule has 1 aromatic carbocycles. The van der Waals surface area contributed by atoms with E-state index in [4.69, 9.17) is 4.74 Å². The van der Waals surface area contributed by atoms with Gasteiger partial charge in [-0.2, -0.15) is 4.72 Å². The molecule has 0 aliphatic carbocycles. The van der Waals surface area contributed by atoms with Crippen molar-refractivity contribution in [3.8, 4) is 0 Å². The second-order valence-electron chi connectivity index (χ2n) is 5.74. The van der Waals surface area contributed by atoms with Gasteiger partial charge in [0.1, 0.15) is 6.54 Å². The first kappa shape index (κ1) is 19.6. The van der Waals surface area contributed by atoms with Gasteiger partial charge < -0.3 is 10.1 Å². The average Bonchev–Trinajstić information content (AvgIpc) is 2.41. The molecule has 23 heavy (non-hydrogen) atoms. The SMILES string of the molecule is CC(C)(C)NC(=O)COC(=O)CNS(=O)(=O)c1cccc(Br)c1. The fraction of sp³-hybridized carbons (Fsp3) is 0.429. The first-order valence-corrected chi connectivity index (χ1v) is 8.99. The van der Waals surface area contributed by atoms with Gasteiger partial charge in [0.15, 0.2) is 6.61 Å². The second-order valence-corrected chi connectivity index (χ2v) is 8.42. The van der Waals surface area contributed by atoms with E-state index in [2.05, 4.69) is 26.0 Å². The molecule has 0 saturated heterocycles. The molecule has 1 rings (SSSR count). The zero-order valence-corrected chi connectivity index (χ0v) is 15.5. The molecular formula is C14H19BrN2O5S. The van der Waals surface area contributed by atoms with Crippen LogP contribution in [0.15, 0.2) is 33.6 Å². The van der Waals surface area contributed by atoms with Gasteiger partial charge in [-0.25, -0.2) is 8.42 Å². The molecule has 0 spiro atoms. The van der Waals surface area contributed by atoms with Crippen molar-refractivity contribution in [3.05, 3.63) is 28.7 Å². The normalized spacial score (nSPS) is 11.8. The number of nitrogens with one attached hydrogen (secondary N) is 2. The molecule has 128 valence electrons. The average molecular weight is 407 g/mol. The maximum atomic E-state index is 12.0. The minimum atomic E-state index is -3.83. The Labute approximate surface area is 144 Å². The molecule has 0 saturated carbocycles. The van der Waals surface area contributed by atoms with Crippen LogP contribution in [0.2, 0.25) is 0 Å². The van der Waals surface area contributed by atoms with Crippen LogP contribution in [0.5, 0.6) is 0 Å². The van der Waals surface area contributed by atoms with E-state index in [9.17, 15) is 18.0 Å². The third-order valence-electron chi connectivity index (χ3n) is 2.39. The van der Waals surface area contributed by atoms with Gasteiger partial charge in [0.05, 0.1) is 4.90 Å². The van der Waals surface area contributed by atoms with Crippen molar-refractivity contribution >= 4 is 37.8 Å². The molecule has 0 bridgehead atoms. The highest BCUT2D eigenvalue weighted by Crippen LogP contribution is 2.15. The molecule has 0 aliphatic heterocycles. The van der Waals surface area contributed by atoms with Gasteiger partial charge in [-0.1, -0.05) is 22.0 Å². The summed E-state index contributed by atoms with van der Waals surface area (Å²) in [6, 6.07) is 6.05. The van der Waals surface area contributed by atoms with E-state index < -0.39 is 40.6 Å². The van der Waals surface area contributed by atoms with E-state index in [-0.39, 0.29) is 4.90 Å². The molecule has 1 aromatic rings. The molecule has 0 heterocycles. The van der Waals surface area contributed by atoms with Crippen molar-refractivity contribution in [2.75, 3.05) is 13.2 Å². The molecule has 0 aromatic heterocycles. The van der Waals surface area contributed by atoms with Crippen LogP contribution in [0.3, 0.4) is 0 Å². The van der Waals surface area contributed by atoms with Crippen LogP contribution in [0.1, 0.15) is 20.8 Å². The van der Waals surface area contributed by atoms with Gasteiger partial charge in [0.2, 0.25) is 10.0 Å². The van der Waals surface area contributed by atoms with Crippen molar-refractivity contribution in [1.82, 2.24) is 10.0 Å². The predicted octanol–water partition coefficient (Wildman–Crippen LogP) is 1.19. The van der Waals surface area contributed by atoms with Crippen molar-refractivity contribution in [1.29, 1.82) is 0 Å². The fourth-order valence-electron chi connectivity index (χ4n) is 1.52. The summed E-state index contributed by atoms with van der Waals surface area (Å²) in [5, 5.41) is 2.62. The summed E-state index contributed by atoms with van der Waals surface area (Å²) in [4.78, 5) is 23.0. The number of ether oxygens (including phenoxy) is 1. The van der Waals surface area contributed by atoms with Crippen LogP contribution in [-0.2, 0) is 24.3 Å². The Morgan fingerprint density at radius 3 is 2.48 bits per heavy atom. The molecule has 0 unspecified atom stereocenters. The summed E-state index contributed by atoms with van der Waals surface area (Å²) in [5.41, 5.74) is -0.439. The fourth-order valence-corrected chi connectivity index (χ4v) is 3.09. The Morgan fingerprint density at radius 2 is 1.91 bits per heavy atom. The Hall–Kier alpha value is -1.45. The topological polar surface area (TPSA) is 102 Å². The summed E-state index contributed by atoms with van der Waals surface area (Å²) in [5.74, 6) is -1.30. The Morgan fingerprint density at radius 1 is 1.26 bits per heavy atom. The van der Waals surface area contributed by atoms with Crippen LogP contribution in [0, 0.1) is 0 Å². The third-order valence-corrected chi connectivity index (χ3v) is 4.28. The standard InChI is InChI=1S/C14H19BrN2O5S/c1-14(2,3)17-12(18)9-22-13(19)8-16-23(20,21)11-6-4-5-10(15)7-11/h4-7,16H,8-9H2,1-3H3,(H,17,18). The number of benzene rings is 1. The molecular weight excluding hydrogens is 388 g/mol. The van der Waals surface area contributed by atoms with E-state index in [0.29, 0.717) is 4.47 Å². The predicted molar refractivity (Wildman–Crippen MR) is 88.2 cm³/mol. The van der Waals surface area contributed by atoms with Gasteiger partial charge in [0.25, 0.3) is 5.91 Å². The molecule has 1 amide bonds. The molecule has 0 fully saturated rings. The maximum Gasteiger partial charge on any atom is 0.321 e. The van der Waals surface area contributed by atoms with Crippen molar-refractivity contribution in [3.63, 3.8) is 0 Å². The van der Waals surface area contributed by atoms with E-state index in [1.54, 1.807) is 32.9 Å². The lowest BCUT2D eigenvalue weighted by Crippen LogP contribution is -2.43. The third kappa shape index (κ3) is 7.58. The Bertz CT molecular complexity index is 683.